The average Bonchev–Trinajstić information content (AvgIpc) is 3.05. The van der Waals surface area contributed by atoms with Crippen molar-refractivity contribution in [2.24, 2.45) is 5.92 Å². The Balaban J connectivity index is 2.28. The molecule has 0 aliphatic carbocycles. The van der Waals surface area contributed by atoms with Crippen LogP contribution in [0.25, 0.3) is 0 Å². The Bertz CT molecular complexity index is 593. The van der Waals surface area contributed by atoms with Crippen LogP contribution < -0.4 is 11.1 Å². The Kier molecular flexibility index (Phi) is 5.19. The Hall–Kier alpha value is -1.60. The third-order valence-corrected chi connectivity index (χ3v) is 4.75. The van der Waals surface area contributed by atoms with Crippen LogP contribution in [-0.2, 0) is 4.74 Å². The second kappa shape index (κ2) is 6.91. The van der Waals surface area contributed by atoms with Gasteiger partial charge >= 0.3 is 5.97 Å². The van der Waals surface area contributed by atoms with Crippen LogP contribution in [0.15, 0.2) is 17.5 Å². The van der Waals surface area contributed by atoms with E-state index in [1.165, 1.54) is 16.4 Å². The number of nitrogen functional groups attached to an aromatic ring is 1. The van der Waals surface area contributed by atoms with Crippen molar-refractivity contribution >= 4 is 39.7 Å². The van der Waals surface area contributed by atoms with Crippen molar-refractivity contribution in [3.05, 3.63) is 28.0 Å². The zero-order valence-electron chi connectivity index (χ0n) is 12.3. The van der Waals surface area contributed by atoms with Gasteiger partial charge in [0.25, 0.3) is 0 Å². The van der Waals surface area contributed by atoms with E-state index < -0.39 is 5.97 Å². The molecule has 2 heterocycles. The van der Waals surface area contributed by atoms with Gasteiger partial charge in [-0.15, -0.1) is 11.3 Å². The van der Waals surface area contributed by atoms with E-state index in [0.29, 0.717) is 23.1 Å². The number of carbonyl (C=O) groups is 1. The Morgan fingerprint density at radius 2 is 2.29 bits per heavy atom. The minimum Gasteiger partial charge on any atom is -0.462 e. The zero-order chi connectivity index (χ0) is 15.4. The summed E-state index contributed by atoms with van der Waals surface area (Å²) in [7, 11) is 0. The van der Waals surface area contributed by atoms with Crippen molar-refractivity contribution in [2.75, 3.05) is 17.7 Å². The third-order valence-electron chi connectivity index (χ3n) is 3.00. The summed E-state index contributed by atoms with van der Waals surface area (Å²) in [6, 6.07) is 4.21. The van der Waals surface area contributed by atoms with E-state index >= 15 is 0 Å². The number of carbonyl (C=O) groups excluding carboxylic acids is 1. The monoisotopic (exact) mass is 325 g/mol. The van der Waals surface area contributed by atoms with Crippen molar-refractivity contribution in [3.63, 3.8) is 0 Å². The molecule has 0 saturated carbocycles. The summed E-state index contributed by atoms with van der Waals surface area (Å²) in [6.45, 7) is 6.34. The zero-order valence-corrected chi connectivity index (χ0v) is 13.9. The number of ether oxygens (including phenoxy) is 1. The number of thiophene rings is 1. The van der Waals surface area contributed by atoms with Crippen molar-refractivity contribution < 1.29 is 9.53 Å². The summed E-state index contributed by atoms with van der Waals surface area (Å²) in [4.78, 5) is 13.2. The molecule has 2 aromatic heterocycles. The molecule has 0 bridgehead atoms. The minimum absolute atomic E-state index is 0.109. The van der Waals surface area contributed by atoms with Gasteiger partial charge < -0.3 is 15.8 Å². The van der Waals surface area contributed by atoms with Gasteiger partial charge in [-0.3, -0.25) is 0 Å². The molecule has 0 aliphatic heterocycles. The van der Waals surface area contributed by atoms with Gasteiger partial charge in [0.1, 0.15) is 10.6 Å². The molecule has 0 spiro atoms. The number of nitrogens with one attached hydrogen (secondary N) is 1. The molecule has 1 unspecified atom stereocenters. The maximum atomic E-state index is 12.0. The summed E-state index contributed by atoms with van der Waals surface area (Å²) in [6.07, 6.45) is 0. The first-order chi connectivity index (χ1) is 10.0. The largest absolute Gasteiger partial charge is 0.462 e. The number of aromatic nitrogens is 1. The molecule has 0 saturated heterocycles. The van der Waals surface area contributed by atoms with Crippen molar-refractivity contribution in [1.29, 1.82) is 0 Å². The lowest BCUT2D eigenvalue weighted by atomic mass is 10.0. The number of nitrogens with zero attached hydrogens (tertiary/aromatic N) is 1. The second-order valence-corrected chi connectivity index (χ2v) is 6.63. The van der Waals surface area contributed by atoms with Crippen LogP contribution in [0, 0.1) is 5.92 Å². The fourth-order valence-corrected chi connectivity index (χ4v) is 3.67. The molecule has 0 aromatic carbocycles. The quantitative estimate of drug-likeness (QED) is 0.791. The average molecular weight is 325 g/mol. The molecule has 0 fully saturated rings. The lowest BCUT2D eigenvalue weighted by Crippen LogP contribution is -2.17. The molecule has 3 N–H and O–H groups in total. The normalized spacial score (nSPS) is 12.4. The van der Waals surface area contributed by atoms with Gasteiger partial charge in [-0.2, -0.15) is 4.37 Å². The molecule has 0 amide bonds. The first-order valence-electron chi connectivity index (χ1n) is 6.76. The highest BCUT2D eigenvalue weighted by atomic mass is 32.1. The molecule has 114 valence electrons. The molecule has 2 rings (SSSR count). The highest BCUT2D eigenvalue weighted by Gasteiger charge is 2.24. The first-order valence-corrected chi connectivity index (χ1v) is 8.42. The lowest BCUT2D eigenvalue weighted by molar-refractivity contribution is 0.0529. The summed E-state index contributed by atoms with van der Waals surface area (Å²) in [5, 5.41) is 6.10. The van der Waals surface area contributed by atoms with Gasteiger partial charge in [-0.25, -0.2) is 4.79 Å². The summed E-state index contributed by atoms with van der Waals surface area (Å²) >= 11 is 2.88. The van der Waals surface area contributed by atoms with E-state index in [0.717, 1.165) is 0 Å². The van der Waals surface area contributed by atoms with Crippen LogP contribution in [0.2, 0.25) is 0 Å². The van der Waals surface area contributed by atoms with Gasteiger partial charge in [0, 0.05) is 4.88 Å². The molecule has 0 aliphatic rings. The van der Waals surface area contributed by atoms with Crippen LogP contribution in [-0.4, -0.2) is 16.9 Å². The van der Waals surface area contributed by atoms with Crippen molar-refractivity contribution in [3.8, 4) is 0 Å². The molecule has 0 radical (unpaired) electrons. The highest BCUT2D eigenvalue weighted by molar-refractivity contribution is 7.11. The van der Waals surface area contributed by atoms with E-state index in [1.807, 2.05) is 11.4 Å². The predicted molar refractivity (Wildman–Crippen MR) is 88.0 cm³/mol. The standard InChI is InChI=1S/C14H19N3O2S2/c1-4-19-14(18)10-12(15)17-21-13(10)16-11(8(2)3)9-6-5-7-20-9/h5-8,11,16H,4H2,1-3H3,(H2,15,17). The first kappa shape index (κ1) is 15.8. The number of anilines is 2. The number of hydrogen-bond donors (Lipinski definition) is 2. The number of esters is 1. The van der Waals surface area contributed by atoms with Crippen molar-refractivity contribution in [1.82, 2.24) is 4.37 Å². The Morgan fingerprint density at radius 1 is 1.52 bits per heavy atom. The van der Waals surface area contributed by atoms with E-state index in [1.54, 1.807) is 18.3 Å². The Labute approximate surface area is 132 Å². The van der Waals surface area contributed by atoms with Crippen LogP contribution in [0.3, 0.4) is 0 Å². The molecule has 7 heteroatoms. The Morgan fingerprint density at radius 3 is 2.86 bits per heavy atom. The van der Waals surface area contributed by atoms with Gasteiger partial charge in [0.15, 0.2) is 5.82 Å². The topological polar surface area (TPSA) is 77.2 Å². The van der Waals surface area contributed by atoms with E-state index in [9.17, 15) is 4.79 Å². The summed E-state index contributed by atoms with van der Waals surface area (Å²) < 4.78 is 9.12. The van der Waals surface area contributed by atoms with Gasteiger partial charge in [0.05, 0.1) is 12.6 Å². The number of hydrogen-bond acceptors (Lipinski definition) is 7. The predicted octanol–water partition coefficient (Wildman–Crippen LogP) is 3.77. The van der Waals surface area contributed by atoms with Gasteiger partial charge in [-0.05, 0) is 35.8 Å². The molecule has 2 aromatic rings. The van der Waals surface area contributed by atoms with Crippen LogP contribution in [0.4, 0.5) is 10.8 Å². The maximum Gasteiger partial charge on any atom is 0.344 e. The van der Waals surface area contributed by atoms with E-state index in [4.69, 9.17) is 10.5 Å². The minimum atomic E-state index is -0.431. The molecular formula is C14H19N3O2S2. The second-order valence-electron chi connectivity index (χ2n) is 4.87. The number of rotatable bonds is 6. The van der Waals surface area contributed by atoms with Crippen LogP contribution >= 0.6 is 22.9 Å². The molecule has 1 atom stereocenters. The van der Waals surface area contributed by atoms with Crippen molar-refractivity contribution in [2.45, 2.75) is 26.8 Å². The summed E-state index contributed by atoms with van der Waals surface area (Å²) in [5.74, 6) is 0.150. The molecule has 21 heavy (non-hydrogen) atoms. The smallest absolute Gasteiger partial charge is 0.344 e. The van der Waals surface area contributed by atoms with Gasteiger partial charge in [0.2, 0.25) is 0 Å². The van der Waals surface area contributed by atoms with E-state index in [-0.39, 0.29) is 11.9 Å². The fourth-order valence-electron chi connectivity index (χ4n) is 1.98. The SMILES string of the molecule is CCOC(=O)c1c(N)nsc1NC(c1cccs1)C(C)C. The van der Waals surface area contributed by atoms with E-state index in [2.05, 4.69) is 29.6 Å². The van der Waals surface area contributed by atoms with Crippen LogP contribution in [0.5, 0.6) is 0 Å². The third kappa shape index (κ3) is 3.54. The molecular weight excluding hydrogens is 306 g/mol. The maximum absolute atomic E-state index is 12.0. The highest BCUT2D eigenvalue weighted by Crippen LogP contribution is 2.35. The fraction of sp³-hybridized carbons (Fsp3) is 0.429. The van der Waals surface area contributed by atoms with Crippen LogP contribution in [0.1, 0.15) is 42.0 Å². The van der Waals surface area contributed by atoms with Gasteiger partial charge in [-0.1, -0.05) is 19.9 Å². The summed E-state index contributed by atoms with van der Waals surface area (Å²) in [5.41, 5.74) is 6.14. The number of nitrogens with two attached hydrogens (primary N) is 1. The lowest BCUT2D eigenvalue weighted by Gasteiger charge is -2.21. The molecule has 5 nitrogen and oxygen atoms in total.